The van der Waals surface area contributed by atoms with Crippen LogP contribution in [0.3, 0.4) is 0 Å². The van der Waals surface area contributed by atoms with E-state index < -0.39 is 0 Å². The normalized spacial score (nSPS) is 18.7. The maximum atomic E-state index is 9.61. The molecule has 0 aliphatic carbocycles. The number of rotatable bonds is 9. The van der Waals surface area contributed by atoms with Gasteiger partial charge in [0.1, 0.15) is 0 Å². The molecule has 2 heteroatoms. The molecule has 1 saturated heterocycles. The van der Waals surface area contributed by atoms with Gasteiger partial charge in [0.15, 0.2) is 0 Å². The van der Waals surface area contributed by atoms with Gasteiger partial charge in [0.25, 0.3) is 0 Å². The van der Waals surface area contributed by atoms with Crippen LogP contribution in [0.15, 0.2) is 0 Å². The van der Waals surface area contributed by atoms with Gasteiger partial charge in [-0.2, -0.15) is 0 Å². The quantitative estimate of drug-likeness (QED) is 0.630. The van der Waals surface area contributed by atoms with Gasteiger partial charge < -0.3 is 10.0 Å². The van der Waals surface area contributed by atoms with E-state index in [2.05, 4.69) is 18.7 Å². The number of aliphatic hydroxyl groups is 1. The van der Waals surface area contributed by atoms with E-state index >= 15 is 0 Å². The van der Waals surface area contributed by atoms with Gasteiger partial charge >= 0.3 is 0 Å². The lowest BCUT2D eigenvalue weighted by Crippen LogP contribution is -2.42. The Bertz CT molecular complexity index is 178. The third-order valence-corrected chi connectivity index (χ3v) is 4.30. The molecule has 0 unspecified atom stereocenters. The molecule has 0 aromatic heterocycles. The molecule has 1 fully saturated rings. The summed E-state index contributed by atoms with van der Waals surface area (Å²) in [4.78, 5) is 2.65. The van der Waals surface area contributed by atoms with Crippen molar-refractivity contribution in [2.45, 2.75) is 90.2 Å². The van der Waals surface area contributed by atoms with Crippen LogP contribution in [0.25, 0.3) is 0 Å². The van der Waals surface area contributed by atoms with Gasteiger partial charge in [-0.3, -0.25) is 0 Å². The van der Waals surface area contributed by atoms with Crippen LogP contribution in [0, 0.1) is 0 Å². The topological polar surface area (TPSA) is 23.5 Å². The zero-order valence-corrected chi connectivity index (χ0v) is 12.5. The zero-order chi connectivity index (χ0) is 13.2. The molecule has 1 heterocycles. The molecule has 18 heavy (non-hydrogen) atoms. The van der Waals surface area contributed by atoms with E-state index in [0.717, 1.165) is 32.0 Å². The van der Waals surface area contributed by atoms with Gasteiger partial charge in [-0.15, -0.1) is 0 Å². The minimum atomic E-state index is -0.0341. The van der Waals surface area contributed by atoms with Crippen LogP contribution in [0.4, 0.5) is 0 Å². The van der Waals surface area contributed by atoms with Crippen LogP contribution in [-0.2, 0) is 0 Å². The maximum absolute atomic E-state index is 9.61. The van der Waals surface area contributed by atoms with Gasteiger partial charge in [0, 0.05) is 19.1 Å². The van der Waals surface area contributed by atoms with E-state index in [9.17, 15) is 5.11 Å². The first kappa shape index (κ1) is 16.0. The minimum absolute atomic E-state index is 0.0341. The Morgan fingerprint density at radius 3 is 1.89 bits per heavy atom. The molecule has 0 saturated carbocycles. The van der Waals surface area contributed by atoms with Crippen molar-refractivity contribution in [3.63, 3.8) is 0 Å². The molecular weight excluding hydrogens is 222 g/mol. The smallest absolute Gasteiger partial charge is 0.0564 e. The number of hydrogen-bond donors (Lipinski definition) is 1. The van der Waals surface area contributed by atoms with Gasteiger partial charge in [-0.25, -0.2) is 0 Å². The number of aliphatic hydroxyl groups excluding tert-OH is 1. The van der Waals surface area contributed by atoms with E-state index in [-0.39, 0.29) is 6.10 Å². The van der Waals surface area contributed by atoms with Gasteiger partial charge in [0.2, 0.25) is 0 Å². The third-order valence-electron chi connectivity index (χ3n) is 4.30. The van der Waals surface area contributed by atoms with Crippen LogP contribution in [0.2, 0.25) is 0 Å². The maximum Gasteiger partial charge on any atom is 0.0564 e. The summed E-state index contributed by atoms with van der Waals surface area (Å²) >= 11 is 0. The third kappa shape index (κ3) is 6.19. The minimum Gasteiger partial charge on any atom is -0.393 e. The van der Waals surface area contributed by atoms with Crippen molar-refractivity contribution >= 4 is 0 Å². The molecule has 1 rings (SSSR count). The van der Waals surface area contributed by atoms with Crippen molar-refractivity contribution in [2.75, 3.05) is 13.1 Å². The summed E-state index contributed by atoms with van der Waals surface area (Å²) in [6.07, 6.45) is 12.8. The molecule has 0 aromatic carbocycles. The van der Waals surface area contributed by atoms with Crippen LogP contribution in [-0.4, -0.2) is 35.2 Å². The van der Waals surface area contributed by atoms with Crippen molar-refractivity contribution in [3.8, 4) is 0 Å². The molecule has 0 radical (unpaired) electrons. The standard InChI is InChI=1S/C16H33NO/c1-3-5-7-9-15(10-8-6-4-2)17-13-11-16(18)12-14-17/h15-16,18H,3-14H2,1-2H3. The Morgan fingerprint density at radius 1 is 0.944 bits per heavy atom. The Hall–Kier alpha value is -0.0800. The predicted molar refractivity (Wildman–Crippen MR) is 78.9 cm³/mol. The molecule has 2 nitrogen and oxygen atoms in total. The van der Waals surface area contributed by atoms with E-state index in [0.29, 0.717) is 0 Å². The molecular formula is C16H33NO. The lowest BCUT2D eigenvalue weighted by molar-refractivity contribution is 0.0547. The Morgan fingerprint density at radius 2 is 1.44 bits per heavy atom. The summed E-state index contributed by atoms with van der Waals surface area (Å²) in [7, 11) is 0. The molecule has 0 spiro atoms. The molecule has 1 aliphatic rings. The largest absolute Gasteiger partial charge is 0.393 e. The Labute approximate surface area is 114 Å². The van der Waals surface area contributed by atoms with E-state index in [1.807, 2.05) is 0 Å². The molecule has 1 aliphatic heterocycles. The first-order valence-corrected chi connectivity index (χ1v) is 8.20. The van der Waals surface area contributed by atoms with Crippen LogP contribution < -0.4 is 0 Å². The molecule has 0 bridgehead atoms. The fraction of sp³-hybridized carbons (Fsp3) is 1.00. The van der Waals surface area contributed by atoms with Crippen molar-refractivity contribution in [2.24, 2.45) is 0 Å². The van der Waals surface area contributed by atoms with Gasteiger partial charge in [-0.1, -0.05) is 52.4 Å². The highest BCUT2D eigenvalue weighted by atomic mass is 16.3. The molecule has 0 atom stereocenters. The first-order chi connectivity index (χ1) is 8.77. The average Bonchev–Trinajstić information content (AvgIpc) is 2.38. The monoisotopic (exact) mass is 255 g/mol. The Kier molecular flexibility index (Phi) is 8.70. The highest BCUT2D eigenvalue weighted by Crippen LogP contribution is 2.21. The summed E-state index contributed by atoms with van der Waals surface area (Å²) in [6, 6.07) is 0.788. The highest BCUT2D eigenvalue weighted by Gasteiger charge is 2.23. The molecule has 0 amide bonds. The first-order valence-electron chi connectivity index (χ1n) is 8.20. The van der Waals surface area contributed by atoms with Crippen molar-refractivity contribution in [1.82, 2.24) is 4.90 Å². The van der Waals surface area contributed by atoms with E-state index in [1.165, 1.54) is 51.4 Å². The van der Waals surface area contributed by atoms with Gasteiger partial charge in [-0.05, 0) is 25.7 Å². The zero-order valence-electron chi connectivity index (χ0n) is 12.5. The number of nitrogens with zero attached hydrogens (tertiary/aromatic N) is 1. The van der Waals surface area contributed by atoms with Gasteiger partial charge in [0.05, 0.1) is 6.10 Å². The summed E-state index contributed by atoms with van der Waals surface area (Å²) in [5, 5.41) is 9.61. The number of likely N-dealkylation sites (tertiary alicyclic amines) is 1. The van der Waals surface area contributed by atoms with Crippen LogP contribution in [0.5, 0.6) is 0 Å². The van der Waals surface area contributed by atoms with E-state index in [1.54, 1.807) is 0 Å². The fourth-order valence-electron chi connectivity index (χ4n) is 3.02. The summed E-state index contributed by atoms with van der Waals surface area (Å²) in [6.45, 7) is 6.79. The lowest BCUT2D eigenvalue weighted by atomic mass is 9.97. The van der Waals surface area contributed by atoms with Crippen LogP contribution in [0.1, 0.15) is 78.1 Å². The second kappa shape index (κ2) is 9.80. The average molecular weight is 255 g/mol. The summed E-state index contributed by atoms with van der Waals surface area (Å²) in [5.41, 5.74) is 0. The molecule has 0 aromatic rings. The second-order valence-corrected chi connectivity index (χ2v) is 5.91. The van der Waals surface area contributed by atoms with E-state index in [4.69, 9.17) is 0 Å². The summed E-state index contributed by atoms with van der Waals surface area (Å²) < 4.78 is 0. The SMILES string of the molecule is CCCCCC(CCCCC)N1CCC(O)CC1. The summed E-state index contributed by atoms with van der Waals surface area (Å²) in [5.74, 6) is 0. The lowest BCUT2D eigenvalue weighted by Gasteiger charge is -2.36. The van der Waals surface area contributed by atoms with Crippen molar-refractivity contribution < 1.29 is 5.11 Å². The number of hydrogen-bond acceptors (Lipinski definition) is 2. The van der Waals surface area contributed by atoms with Crippen molar-refractivity contribution in [1.29, 1.82) is 0 Å². The van der Waals surface area contributed by atoms with Crippen LogP contribution >= 0.6 is 0 Å². The van der Waals surface area contributed by atoms with Crippen molar-refractivity contribution in [3.05, 3.63) is 0 Å². The highest BCUT2D eigenvalue weighted by molar-refractivity contribution is 4.78. The fourth-order valence-corrected chi connectivity index (χ4v) is 3.02. The Balaban J connectivity index is 2.32. The number of unbranched alkanes of at least 4 members (excludes halogenated alkanes) is 4. The molecule has 1 N–H and O–H groups in total. The molecule has 108 valence electrons. The number of piperidine rings is 1. The second-order valence-electron chi connectivity index (χ2n) is 5.91. The predicted octanol–water partition coefficient (Wildman–Crippen LogP) is 3.97.